The quantitative estimate of drug-likeness (QED) is 0.906. The molecule has 0 aliphatic carbocycles. The third-order valence-corrected chi connectivity index (χ3v) is 3.01. The maximum Gasteiger partial charge on any atom is 0.226 e. The van der Waals surface area contributed by atoms with Crippen molar-refractivity contribution in [1.82, 2.24) is 15.5 Å². The first-order valence-electron chi connectivity index (χ1n) is 6.12. The van der Waals surface area contributed by atoms with Crippen LogP contribution in [0.2, 0.25) is 0 Å². The predicted octanol–water partition coefficient (Wildman–Crippen LogP) is 2.47. The van der Waals surface area contributed by atoms with Crippen molar-refractivity contribution in [3.63, 3.8) is 0 Å². The Kier molecular flexibility index (Phi) is 4.95. The largest absolute Gasteiger partial charge is 0.339 e. The van der Waals surface area contributed by atoms with Crippen molar-refractivity contribution in [3.8, 4) is 0 Å². The molecule has 5 heteroatoms. The first kappa shape index (κ1) is 14.5. The molecule has 1 aliphatic heterocycles. The van der Waals surface area contributed by atoms with E-state index >= 15 is 0 Å². The maximum absolute atomic E-state index is 5.26. The smallest absolute Gasteiger partial charge is 0.226 e. The van der Waals surface area contributed by atoms with Crippen LogP contribution in [0.15, 0.2) is 4.52 Å². The van der Waals surface area contributed by atoms with Crippen LogP contribution in [0.4, 0.5) is 0 Å². The van der Waals surface area contributed by atoms with Gasteiger partial charge in [0.1, 0.15) is 0 Å². The Morgan fingerprint density at radius 2 is 2.18 bits per heavy atom. The molecule has 1 fully saturated rings. The number of nitrogens with zero attached hydrogens (tertiary/aromatic N) is 2. The van der Waals surface area contributed by atoms with Crippen LogP contribution in [0, 0.1) is 0 Å². The monoisotopic (exact) mass is 259 g/mol. The lowest BCUT2D eigenvalue weighted by Crippen LogP contribution is -2.21. The topological polar surface area (TPSA) is 51.0 Å². The summed E-state index contributed by atoms with van der Waals surface area (Å²) in [5.41, 5.74) is -0.0205. The summed E-state index contributed by atoms with van der Waals surface area (Å²) < 4.78 is 5.26. The third-order valence-electron chi connectivity index (χ3n) is 3.01. The number of halogens is 1. The van der Waals surface area contributed by atoms with Crippen molar-refractivity contribution in [1.29, 1.82) is 0 Å². The van der Waals surface area contributed by atoms with Crippen molar-refractivity contribution in [2.45, 2.75) is 57.9 Å². The minimum atomic E-state index is -0.0205. The van der Waals surface area contributed by atoms with Crippen molar-refractivity contribution in [3.05, 3.63) is 11.7 Å². The molecule has 4 nitrogen and oxygen atoms in total. The summed E-state index contributed by atoms with van der Waals surface area (Å²) in [5.74, 6) is 1.58. The summed E-state index contributed by atoms with van der Waals surface area (Å²) in [6.07, 6.45) is 4.56. The van der Waals surface area contributed by atoms with E-state index in [4.69, 9.17) is 4.52 Å². The molecule has 0 saturated carbocycles. The highest BCUT2D eigenvalue weighted by atomic mass is 35.5. The highest BCUT2D eigenvalue weighted by Gasteiger charge is 2.21. The summed E-state index contributed by atoms with van der Waals surface area (Å²) in [7, 11) is 0. The van der Waals surface area contributed by atoms with Gasteiger partial charge in [0.15, 0.2) is 5.82 Å². The summed E-state index contributed by atoms with van der Waals surface area (Å²) in [4.78, 5) is 4.44. The van der Waals surface area contributed by atoms with Gasteiger partial charge >= 0.3 is 0 Å². The summed E-state index contributed by atoms with van der Waals surface area (Å²) in [6, 6.07) is 0.644. The molecule has 98 valence electrons. The number of hydrogen-bond acceptors (Lipinski definition) is 4. The van der Waals surface area contributed by atoms with Gasteiger partial charge in [-0.3, -0.25) is 0 Å². The van der Waals surface area contributed by atoms with Crippen LogP contribution in [0.1, 0.15) is 51.7 Å². The Bertz CT molecular complexity index is 340. The average Bonchev–Trinajstić information content (AvgIpc) is 2.85. The molecule has 1 saturated heterocycles. The van der Waals surface area contributed by atoms with Gasteiger partial charge in [-0.25, -0.2) is 0 Å². The molecule has 1 aliphatic rings. The molecule has 0 radical (unpaired) electrons. The van der Waals surface area contributed by atoms with Crippen molar-refractivity contribution in [2.75, 3.05) is 6.54 Å². The van der Waals surface area contributed by atoms with Crippen LogP contribution in [-0.2, 0) is 11.8 Å². The molecule has 0 spiro atoms. The van der Waals surface area contributed by atoms with Crippen LogP contribution in [0.3, 0.4) is 0 Å². The SMILES string of the molecule is CC(C)(C)c1noc(CCC2CCCN2)n1.Cl. The second kappa shape index (κ2) is 5.83. The molecule has 0 bridgehead atoms. The number of hydrogen-bond donors (Lipinski definition) is 1. The molecule has 1 N–H and O–H groups in total. The van der Waals surface area contributed by atoms with Gasteiger partial charge in [-0.05, 0) is 25.8 Å². The lowest BCUT2D eigenvalue weighted by molar-refractivity contribution is 0.355. The Morgan fingerprint density at radius 1 is 1.41 bits per heavy atom. The Hall–Kier alpha value is -0.610. The summed E-state index contributed by atoms with van der Waals surface area (Å²) in [5, 5.41) is 7.50. The zero-order valence-electron chi connectivity index (χ0n) is 10.8. The third kappa shape index (κ3) is 3.96. The van der Waals surface area contributed by atoms with Crippen LogP contribution in [0.25, 0.3) is 0 Å². The molecule has 0 amide bonds. The standard InChI is InChI=1S/C12H21N3O.ClH/c1-12(2,3)11-14-10(16-15-11)7-6-9-5-4-8-13-9;/h9,13H,4-8H2,1-3H3;1H. The normalized spacial score (nSPS) is 20.3. The first-order valence-corrected chi connectivity index (χ1v) is 6.12. The van der Waals surface area contributed by atoms with Crippen LogP contribution in [0.5, 0.6) is 0 Å². The highest BCUT2D eigenvalue weighted by molar-refractivity contribution is 5.85. The number of aryl methyl sites for hydroxylation is 1. The minimum absolute atomic E-state index is 0. The van der Waals surface area contributed by atoms with E-state index < -0.39 is 0 Å². The molecule has 0 aromatic carbocycles. The lowest BCUT2D eigenvalue weighted by Gasteiger charge is -2.11. The number of nitrogens with one attached hydrogen (secondary N) is 1. The molecule has 1 unspecified atom stereocenters. The second-order valence-corrected chi connectivity index (χ2v) is 5.59. The zero-order valence-corrected chi connectivity index (χ0v) is 11.6. The fourth-order valence-electron chi connectivity index (χ4n) is 1.96. The van der Waals surface area contributed by atoms with Gasteiger partial charge in [0.25, 0.3) is 0 Å². The van der Waals surface area contributed by atoms with Crippen molar-refractivity contribution >= 4 is 12.4 Å². The Labute approximate surface area is 109 Å². The number of aromatic nitrogens is 2. The van der Waals surface area contributed by atoms with E-state index in [0.717, 1.165) is 31.1 Å². The molecule has 1 aromatic rings. The van der Waals surface area contributed by atoms with Gasteiger partial charge in [-0.15, -0.1) is 12.4 Å². The maximum atomic E-state index is 5.26. The van der Waals surface area contributed by atoms with E-state index in [2.05, 4.69) is 36.2 Å². The Morgan fingerprint density at radius 3 is 2.71 bits per heavy atom. The van der Waals surface area contributed by atoms with Crippen molar-refractivity contribution in [2.24, 2.45) is 0 Å². The molecular weight excluding hydrogens is 238 g/mol. The molecule has 1 atom stereocenters. The molecule has 2 heterocycles. The molecular formula is C12H22ClN3O. The number of rotatable bonds is 3. The van der Waals surface area contributed by atoms with E-state index in [1.54, 1.807) is 0 Å². The minimum Gasteiger partial charge on any atom is -0.339 e. The summed E-state index contributed by atoms with van der Waals surface area (Å²) in [6.45, 7) is 7.45. The van der Waals surface area contributed by atoms with E-state index in [0.29, 0.717) is 6.04 Å². The first-order chi connectivity index (χ1) is 7.55. The van der Waals surface area contributed by atoms with Gasteiger partial charge in [-0.2, -0.15) is 4.98 Å². The van der Waals surface area contributed by atoms with Crippen molar-refractivity contribution < 1.29 is 4.52 Å². The van der Waals surface area contributed by atoms with Gasteiger partial charge in [0.05, 0.1) is 0 Å². The van der Waals surface area contributed by atoms with Crippen LogP contribution in [-0.4, -0.2) is 22.7 Å². The van der Waals surface area contributed by atoms with E-state index in [9.17, 15) is 0 Å². The predicted molar refractivity (Wildman–Crippen MR) is 69.6 cm³/mol. The van der Waals surface area contributed by atoms with Crippen LogP contribution < -0.4 is 5.32 Å². The fourth-order valence-corrected chi connectivity index (χ4v) is 1.96. The molecule has 17 heavy (non-hydrogen) atoms. The van der Waals surface area contributed by atoms with E-state index in [1.807, 2.05) is 0 Å². The van der Waals surface area contributed by atoms with Gasteiger partial charge in [0, 0.05) is 17.9 Å². The summed E-state index contributed by atoms with van der Waals surface area (Å²) >= 11 is 0. The van der Waals surface area contributed by atoms with Gasteiger partial charge in [-0.1, -0.05) is 25.9 Å². The lowest BCUT2D eigenvalue weighted by atomic mass is 9.96. The average molecular weight is 260 g/mol. The van der Waals surface area contributed by atoms with Gasteiger partial charge in [0.2, 0.25) is 5.89 Å². The van der Waals surface area contributed by atoms with Crippen LogP contribution >= 0.6 is 12.4 Å². The fraction of sp³-hybridized carbons (Fsp3) is 0.833. The highest BCUT2D eigenvalue weighted by Crippen LogP contribution is 2.19. The van der Waals surface area contributed by atoms with Gasteiger partial charge < -0.3 is 9.84 Å². The molecule has 1 aromatic heterocycles. The van der Waals surface area contributed by atoms with E-state index in [1.165, 1.54) is 12.8 Å². The second-order valence-electron chi connectivity index (χ2n) is 5.59. The zero-order chi connectivity index (χ0) is 11.6. The van der Waals surface area contributed by atoms with E-state index in [-0.39, 0.29) is 17.8 Å². The molecule has 2 rings (SSSR count). The Balaban J connectivity index is 0.00000144.